The van der Waals surface area contributed by atoms with E-state index in [2.05, 4.69) is 11.1 Å². The number of sulfone groups is 1. The molecule has 24 heavy (non-hydrogen) atoms. The van der Waals surface area contributed by atoms with Gasteiger partial charge in [0.15, 0.2) is 5.76 Å². The highest BCUT2D eigenvalue weighted by Gasteiger charge is 2.26. The van der Waals surface area contributed by atoms with Crippen molar-refractivity contribution in [1.82, 2.24) is 9.88 Å². The van der Waals surface area contributed by atoms with E-state index in [4.69, 9.17) is 4.42 Å². The highest BCUT2D eigenvalue weighted by atomic mass is 32.2. The van der Waals surface area contributed by atoms with Gasteiger partial charge in [0.1, 0.15) is 0 Å². The summed E-state index contributed by atoms with van der Waals surface area (Å²) in [5.41, 5.74) is 1.21. The number of hydrogen-bond donors (Lipinski definition) is 0. The fourth-order valence-corrected chi connectivity index (χ4v) is 3.54. The summed E-state index contributed by atoms with van der Waals surface area (Å²) in [5.74, 6) is 0.368. The maximum atomic E-state index is 12.4. The molecule has 1 amide bonds. The molecule has 0 aromatic carbocycles. The van der Waals surface area contributed by atoms with Crippen LogP contribution < -0.4 is 0 Å². The number of rotatable bonds is 4. The Morgan fingerprint density at radius 3 is 2.62 bits per heavy atom. The molecule has 0 atom stereocenters. The summed E-state index contributed by atoms with van der Waals surface area (Å²) in [6.45, 7) is 1.30. The maximum Gasteiger partial charge on any atom is 0.289 e. The zero-order chi connectivity index (χ0) is 17.2. The van der Waals surface area contributed by atoms with Crippen molar-refractivity contribution in [3.8, 4) is 0 Å². The number of hydrogen-bond acceptors (Lipinski definition) is 5. The quantitative estimate of drug-likeness (QED) is 0.846. The Kier molecular flexibility index (Phi) is 4.71. The van der Waals surface area contributed by atoms with Crippen LogP contribution in [0.4, 0.5) is 0 Å². The van der Waals surface area contributed by atoms with E-state index < -0.39 is 9.84 Å². The van der Waals surface area contributed by atoms with Crippen LogP contribution in [0, 0.1) is 5.92 Å². The van der Waals surface area contributed by atoms with E-state index >= 15 is 0 Å². The number of likely N-dealkylation sites (tertiary alicyclic amines) is 1. The maximum absolute atomic E-state index is 12.4. The molecule has 1 saturated heterocycles. The van der Waals surface area contributed by atoms with Crippen LogP contribution in [-0.2, 0) is 16.3 Å². The van der Waals surface area contributed by atoms with Crippen LogP contribution in [0.3, 0.4) is 0 Å². The first kappa shape index (κ1) is 16.7. The van der Waals surface area contributed by atoms with E-state index in [0.717, 1.165) is 25.5 Å². The second-order valence-corrected chi connectivity index (χ2v) is 8.14. The van der Waals surface area contributed by atoms with Gasteiger partial charge in [-0.1, -0.05) is 6.07 Å². The summed E-state index contributed by atoms with van der Waals surface area (Å²) in [6, 6.07) is 6.77. The highest BCUT2D eigenvalue weighted by Crippen LogP contribution is 2.23. The van der Waals surface area contributed by atoms with E-state index in [1.807, 2.05) is 12.3 Å². The lowest BCUT2D eigenvalue weighted by atomic mass is 9.90. The molecule has 2 aromatic rings. The van der Waals surface area contributed by atoms with Gasteiger partial charge in [0.2, 0.25) is 14.9 Å². The first-order valence-electron chi connectivity index (χ1n) is 7.91. The highest BCUT2D eigenvalue weighted by molar-refractivity contribution is 7.90. The van der Waals surface area contributed by atoms with Gasteiger partial charge in [0.25, 0.3) is 5.91 Å². The van der Waals surface area contributed by atoms with E-state index in [9.17, 15) is 13.2 Å². The van der Waals surface area contributed by atoms with Crippen molar-refractivity contribution in [2.75, 3.05) is 19.3 Å². The third-order valence-corrected chi connectivity index (χ3v) is 5.26. The van der Waals surface area contributed by atoms with E-state index in [1.54, 1.807) is 11.1 Å². The molecule has 1 aliphatic heterocycles. The number of piperidine rings is 1. The molecule has 0 saturated carbocycles. The van der Waals surface area contributed by atoms with Crippen molar-refractivity contribution in [2.24, 2.45) is 5.92 Å². The van der Waals surface area contributed by atoms with Gasteiger partial charge in [0.05, 0.1) is 0 Å². The molecular weight excluding hydrogens is 328 g/mol. The summed E-state index contributed by atoms with van der Waals surface area (Å²) in [6.07, 6.45) is 7.51. The zero-order valence-electron chi connectivity index (χ0n) is 13.5. The predicted octanol–water partition coefficient (Wildman–Crippen LogP) is 2.17. The Morgan fingerprint density at radius 2 is 2.04 bits per heavy atom. The third kappa shape index (κ3) is 3.84. The van der Waals surface area contributed by atoms with Gasteiger partial charge in [-0.25, -0.2) is 8.42 Å². The fraction of sp³-hybridized carbons (Fsp3) is 0.412. The normalized spacial score (nSPS) is 16.3. The Balaban J connectivity index is 1.58. The van der Waals surface area contributed by atoms with Gasteiger partial charge >= 0.3 is 0 Å². The minimum absolute atomic E-state index is 0.0844. The molecule has 1 aliphatic rings. The number of carbonyl (C=O) groups excluding carboxylic acids is 1. The Bertz CT molecular complexity index is 806. The van der Waals surface area contributed by atoms with Gasteiger partial charge in [-0.05, 0) is 48.9 Å². The second-order valence-electron chi connectivity index (χ2n) is 6.19. The molecule has 0 aliphatic carbocycles. The first-order chi connectivity index (χ1) is 11.4. The lowest BCUT2D eigenvalue weighted by molar-refractivity contribution is 0.0653. The molecule has 2 aromatic heterocycles. The Hall–Kier alpha value is -2.15. The number of amides is 1. The predicted molar refractivity (Wildman–Crippen MR) is 88.4 cm³/mol. The van der Waals surface area contributed by atoms with Crippen molar-refractivity contribution < 1.29 is 17.6 Å². The van der Waals surface area contributed by atoms with Crippen LogP contribution in [0.25, 0.3) is 0 Å². The number of carbonyl (C=O) groups is 1. The van der Waals surface area contributed by atoms with Gasteiger partial charge in [-0.3, -0.25) is 9.78 Å². The summed E-state index contributed by atoms with van der Waals surface area (Å²) < 4.78 is 28.1. The van der Waals surface area contributed by atoms with Crippen LogP contribution in [0.2, 0.25) is 0 Å². The minimum atomic E-state index is -3.43. The molecule has 0 N–H and O–H groups in total. The lowest BCUT2D eigenvalue weighted by Gasteiger charge is -2.31. The second kappa shape index (κ2) is 6.76. The molecule has 0 bridgehead atoms. The molecular formula is C17H20N2O4S. The molecule has 1 fully saturated rings. The summed E-state index contributed by atoms with van der Waals surface area (Å²) in [4.78, 5) is 18.3. The summed E-state index contributed by atoms with van der Waals surface area (Å²) in [5, 5.41) is -0.169. The summed E-state index contributed by atoms with van der Waals surface area (Å²) in [7, 11) is -3.43. The lowest BCUT2D eigenvalue weighted by Crippen LogP contribution is -2.38. The molecule has 7 heteroatoms. The standard InChI is InChI=1S/C17H20N2O4S/c1-24(21,22)16-5-4-15(23-16)17(20)19-9-6-13(7-10-19)11-14-3-2-8-18-12-14/h2-5,8,12-13H,6-7,9-11H2,1H3. The van der Waals surface area contributed by atoms with Crippen LogP contribution in [-0.4, -0.2) is 43.6 Å². The first-order valence-corrected chi connectivity index (χ1v) is 9.80. The molecule has 6 nitrogen and oxygen atoms in total. The largest absolute Gasteiger partial charge is 0.440 e. The monoisotopic (exact) mass is 348 g/mol. The SMILES string of the molecule is CS(=O)(=O)c1ccc(C(=O)N2CCC(Cc3cccnc3)CC2)o1. The molecule has 3 rings (SSSR count). The molecule has 0 unspecified atom stereocenters. The molecule has 128 valence electrons. The zero-order valence-corrected chi connectivity index (χ0v) is 14.3. The summed E-state index contributed by atoms with van der Waals surface area (Å²) >= 11 is 0. The topological polar surface area (TPSA) is 80.5 Å². The number of nitrogens with zero attached hydrogens (tertiary/aromatic N) is 2. The van der Waals surface area contributed by atoms with E-state index in [-0.39, 0.29) is 16.8 Å². The minimum Gasteiger partial charge on any atom is -0.440 e. The molecule has 0 spiro atoms. The van der Waals surface area contributed by atoms with Gasteiger partial charge in [-0.15, -0.1) is 0 Å². The van der Waals surface area contributed by atoms with Gasteiger partial charge in [-0.2, -0.15) is 0 Å². The number of pyridine rings is 1. The average molecular weight is 348 g/mol. The van der Waals surface area contributed by atoms with Crippen LogP contribution in [0.1, 0.15) is 29.0 Å². The van der Waals surface area contributed by atoms with E-state index in [1.165, 1.54) is 17.7 Å². The van der Waals surface area contributed by atoms with Crippen LogP contribution in [0.5, 0.6) is 0 Å². The van der Waals surface area contributed by atoms with Crippen molar-refractivity contribution >= 4 is 15.7 Å². The smallest absolute Gasteiger partial charge is 0.289 e. The van der Waals surface area contributed by atoms with Gasteiger partial charge in [0, 0.05) is 31.7 Å². The Labute approximate surface area is 141 Å². The fourth-order valence-electron chi connectivity index (χ4n) is 2.98. The van der Waals surface area contributed by atoms with Crippen molar-refractivity contribution in [2.45, 2.75) is 24.4 Å². The number of furan rings is 1. The van der Waals surface area contributed by atoms with Gasteiger partial charge < -0.3 is 9.32 Å². The molecule has 3 heterocycles. The third-order valence-electron chi connectivity index (χ3n) is 4.31. The van der Waals surface area contributed by atoms with Crippen molar-refractivity contribution in [1.29, 1.82) is 0 Å². The van der Waals surface area contributed by atoms with Crippen molar-refractivity contribution in [3.63, 3.8) is 0 Å². The van der Waals surface area contributed by atoms with E-state index in [0.29, 0.717) is 19.0 Å². The van der Waals surface area contributed by atoms with Crippen LogP contribution >= 0.6 is 0 Å². The average Bonchev–Trinajstić information content (AvgIpc) is 3.06. The molecule has 0 radical (unpaired) electrons. The van der Waals surface area contributed by atoms with Crippen LogP contribution in [0.15, 0.2) is 46.2 Å². The number of aromatic nitrogens is 1. The van der Waals surface area contributed by atoms with Crippen molar-refractivity contribution in [3.05, 3.63) is 48.0 Å². The Morgan fingerprint density at radius 1 is 1.29 bits per heavy atom.